The van der Waals surface area contributed by atoms with Crippen molar-refractivity contribution in [3.8, 4) is 0 Å². The maximum atomic E-state index is 13.1. The minimum atomic E-state index is -0.372. The minimum absolute atomic E-state index is 0.102. The molecule has 246 valence electrons. The topological polar surface area (TPSA) is 89.8 Å². The van der Waals surface area contributed by atoms with Crippen LogP contribution in [0.2, 0.25) is 0 Å². The van der Waals surface area contributed by atoms with Gasteiger partial charge in [0.05, 0.1) is 51.0 Å². The molecule has 4 N–H and O–H groups in total. The van der Waals surface area contributed by atoms with Crippen LogP contribution < -0.4 is 5.32 Å². The lowest BCUT2D eigenvalue weighted by atomic mass is 9.43. The Labute approximate surface area is 266 Å². The third-order valence-corrected chi connectivity index (χ3v) is 14.5. The fourth-order valence-electron chi connectivity index (χ4n) is 11.8. The van der Waals surface area contributed by atoms with Crippen molar-refractivity contribution in [2.75, 3.05) is 32.7 Å². The molecule has 5 fully saturated rings. The lowest BCUT2D eigenvalue weighted by Crippen LogP contribution is -2.62. The molecule has 1 heterocycles. The molecule has 6 rings (SSSR count). The van der Waals surface area contributed by atoms with E-state index in [0.717, 1.165) is 81.9 Å². The highest BCUT2D eigenvalue weighted by molar-refractivity contribution is 5.75. The predicted molar refractivity (Wildman–Crippen MR) is 175 cm³/mol. The van der Waals surface area contributed by atoms with E-state index in [4.69, 9.17) is 0 Å². The molecule has 1 saturated heterocycles. The van der Waals surface area contributed by atoms with E-state index >= 15 is 0 Å². The normalized spacial score (nSPS) is 41.8. The number of aliphatic hydroxyl groups excluding tert-OH is 3. The molecule has 0 spiro atoms. The maximum Gasteiger partial charge on any atom is 0.220 e. The average molecular weight is 610 g/mol. The first-order valence-electron chi connectivity index (χ1n) is 18.3. The second-order valence-corrected chi connectivity index (χ2v) is 16.6. The minimum Gasteiger partial charge on any atom is -0.393 e. The van der Waals surface area contributed by atoms with E-state index in [1.165, 1.54) is 31.5 Å². The van der Waals surface area contributed by atoms with Gasteiger partial charge in [-0.15, -0.1) is 0 Å². The van der Waals surface area contributed by atoms with Crippen LogP contribution in [0.25, 0.3) is 0 Å². The molecule has 4 aliphatic carbocycles. The molecule has 1 aliphatic heterocycles. The Hall–Kier alpha value is -1.47. The van der Waals surface area contributed by atoms with E-state index in [1.807, 2.05) is 0 Å². The number of carbonyl (C=O) groups excluding carboxylic acids is 1. The zero-order chi connectivity index (χ0) is 31.1. The van der Waals surface area contributed by atoms with Crippen molar-refractivity contribution < 1.29 is 24.6 Å². The van der Waals surface area contributed by atoms with E-state index in [9.17, 15) is 20.1 Å². The Morgan fingerprint density at radius 3 is 2.48 bits per heavy atom. The second-order valence-electron chi connectivity index (χ2n) is 16.6. The van der Waals surface area contributed by atoms with Crippen LogP contribution in [0.15, 0.2) is 30.3 Å². The number of amides is 1. The lowest BCUT2D eigenvalue weighted by Gasteiger charge is -2.63. The van der Waals surface area contributed by atoms with Gasteiger partial charge in [0.25, 0.3) is 0 Å². The molecule has 1 amide bonds. The largest absolute Gasteiger partial charge is 0.393 e. The summed E-state index contributed by atoms with van der Waals surface area (Å²) in [5, 5.41) is 37.1. The summed E-state index contributed by atoms with van der Waals surface area (Å²) in [5.41, 5.74) is 1.30. The maximum absolute atomic E-state index is 13.1. The highest BCUT2D eigenvalue weighted by atomic mass is 16.3. The summed E-state index contributed by atoms with van der Waals surface area (Å²) in [6.07, 6.45) is 10.5. The molecule has 5 aliphatic rings. The summed E-state index contributed by atoms with van der Waals surface area (Å²) in [6.45, 7) is 12.4. The third kappa shape index (κ3) is 6.02. The van der Waals surface area contributed by atoms with Crippen LogP contribution in [-0.4, -0.2) is 76.7 Å². The molecule has 5 unspecified atom stereocenters. The summed E-state index contributed by atoms with van der Waals surface area (Å²) < 4.78 is 1.12. The quantitative estimate of drug-likeness (QED) is 0.270. The van der Waals surface area contributed by atoms with Crippen molar-refractivity contribution in [3.63, 3.8) is 0 Å². The van der Waals surface area contributed by atoms with Crippen molar-refractivity contribution in [2.45, 2.75) is 116 Å². The molecule has 1 aromatic carbocycles. The van der Waals surface area contributed by atoms with E-state index in [0.29, 0.717) is 36.0 Å². The molecule has 0 bridgehead atoms. The number of nitrogens with one attached hydrogen (secondary N) is 1. The SMILES string of the molecule is C[C@H](CCC(=O)NCC[N+]1(CCc2ccccc2)CCCC1)[C@H]1CCC2C3C(O)CC4C[C@H](O)CC[C@]4(C)C3C[C@H](O)[C@@]21C. The zero-order valence-electron chi connectivity index (χ0n) is 27.8. The number of quaternary nitrogens is 1. The van der Waals surface area contributed by atoms with Crippen molar-refractivity contribution >= 4 is 5.91 Å². The Bertz CT molecular complexity index is 1120. The first kappa shape index (κ1) is 32.5. The molecule has 6 heteroatoms. The van der Waals surface area contributed by atoms with Crippen molar-refractivity contribution in [1.29, 1.82) is 0 Å². The summed E-state index contributed by atoms with van der Waals surface area (Å²) in [5.74, 6) is 2.14. The monoisotopic (exact) mass is 609 g/mol. The van der Waals surface area contributed by atoms with Gasteiger partial charge in [-0.3, -0.25) is 4.79 Å². The molecular formula is C38H61N2O4+. The van der Waals surface area contributed by atoms with Gasteiger partial charge in [-0.1, -0.05) is 51.1 Å². The van der Waals surface area contributed by atoms with Crippen LogP contribution in [0.1, 0.15) is 97.0 Å². The van der Waals surface area contributed by atoms with Gasteiger partial charge >= 0.3 is 0 Å². The molecular weight excluding hydrogens is 548 g/mol. The first-order chi connectivity index (χ1) is 21.1. The Morgan fingerprint density at radius 2 is 1.73 bits per heavy atom. The smallest absolute Gasteiger partial charge is 0.220 e. The zero-order valence-corrected chi connectivity index (χ0v) is 27.8. The number of rotatable bonds is 10. The van der Waals surface area contributed by atoms with Gasteiger partial charge in [0.2, 0.25) is 5.91 Å². The average Bonchev–Trinajstić information content (AvgIpc) is 3.62. The number of hydrogen-bond donors (Lipinski definition) is 4. The van der Waals surface area contributed by atoms with Crippen LogP contribution in [-0.2, 0) is 11.2 Å². The summed E-state index contributed by atoms with van der Waals surface area (Å²) >= 11 is 0. The number of fused-ring (bicyclic) bond motifs is 5. The fraction of sp³-hybridized carbons (Fsp3) is 0.816. The lowest BCUT2D eigenvalue weighted by molar-refractivity contribution is -0.915. The molecule has 44 heavy (non-hydrogen) atoms. The van der Waals surface area contributed by atoms with Gasteiger partial charge in [0.15, 0.2) is 0 Å². The van der Waals surface area contributed by atoms with Crippen molar-refractivity contribution in [1.82, 2.24) is 5.32 Å². The van der Waals surface area contributed by atoms with E-state index in [-0.39, 0.29) is 41.0 Å². The summed E-state index contributed by atoms with van der Waals surface area (Å²) in [7, 11) is 0. The standard InChI is InChI=1S/C38H60N2O4/c1-26(11-14-35(44)39-18-22-40(19-7-8-20-40)21-16-27-9-5-4-6-10-27)30-12-13-31-36-32(25-34(43)38(30,31)3)37(2)17-15-29(41)23-28(37)24-33(36)42/h4-6,9-10,26,28-34,36,41-43H,7-8,11-25H2,1-3H3/p+1/t26-,28?,29-,30-,31?,32?,33?,34+,36?,37+,38-/m1/s1. The van der Waals surface area contributed by atoms with E-state index in [1.54, 1.807) is 0 Å². The molecule has 11 atom stereocenters. The molecule has 1 aromatic rings. The third-order valence-electron chi connectivity index (χ3n) is 14.5. The fourth-order valence-corrected chi connectivity index (χ4v) is 11.8. The molecule has 0 aromatic heterocycles. The highest BCUT2D eigenvalue weighted by Gasteiger charge is 2.65. The number of likely N-dealkylation sites (tertiary alicyclic amines) is 1. The number of hydrogen-bond acceptors (Lipinski definition) is 4. The van der Waals surface area contributed by atoms with Crippen LogP contribution in [0.5, 0.6) is 0 Å². The number of carbonyl (C=O) groups is 1. The predicted octanol–water partition coefficient (Wildman–Crippen LogP) is 5.33. The first-order valence-corrected chi connectivity index (χ1v) is 18.3. The van der Waals surface area contributed by atoms with Crippen molar-refractivity contribution in [3.05, 3.63) is 35.9 Å². The molecule has 4 saturated carbocycles. The van der Waals surface area contributed by atoms with Gasteiger partial charge in [0.1, 0.15) is 0 Å². The second kappa shape index (κ2) is 13.0. The Kier molecular flexibility index (Phi) is 9.57. The van der Waals surface area contributed by atoms with Gasteiger partial charge < -0.3 is 25.1 Å². The highest BCUT2D eigenvalue weighted by Crippen LogP contribution is 2.68. The van der Waals surface area contributed by atoms with Gasteiger partial charge in [-0.2, -0.15) is 0 Å². The van der Waals surface area contributed by atoms with Crippen LogP contribution >= 0.6 is 0 Å². The summed E-state index contributed by atoms with van der Waals surface area (Å²) in [6, 6.07) is 10.8. The van der Waals surface area contributed by atoms with Gasteiger partial charge in [0, 0.05) is 25.7 Å². The Morgan fingerprint density at radius 1 is 0.977 bits per heavy atom. The molecule has 6 nitrogen and oxygen atoms in total. The van der Waals surface area contributed by atoms with Gasteiger partial charge in [-0.25, -0.2) is 0 Å². The number of aliphatic hydroxyl groups is 3. The van der Waals surface area contributed by atoms with Crippen LogP contribution in [0, 0.1) is 46.3 Å². The van der Waals surface area contributed by atoms with E-state index < -0.39 is 0 Å². The Balaban J connectivity index is 1.02. The van der Waals surface area contributed by atoms with E-state index in [2.05, 4.69) is 56.4 Å². The number of nitrogens with zero attached hydrogens (tertiary/aromatic N) is 1. The summed E-state index contributed by atoms with van der Waals surface area (Å²) in [4.78, 5) is 13.1. The van der Waals surface area contributed by atoms with Crippen LogP contribution in [0.4, 0.5) is 0 Å². The van der Waals surface area contributed by atoms with Gasteiger partial charge in [-0.05, 0) is 103 Å². The molecule has 0 radical (unpaired) electrons. The van der Waals surface area contributed by atoms with Crippen molar-refractivity contribution in [2.24, 2.45) is 46.3 Å². The van der Waals surface area contributed by atoms with Crippen LogP contribution in [0.3, 0.4) is 0 Å². The number of benzene rings is 1.